The van der Waals surface area contributed by atoms with Crippen LogP contribution in [0.3, 0.4) is 0 Å². The molecular formula is C23H47N3O4. The van der Waals surface area contributed by atoms with Crippen LogP contribution in [0.5, 0.6) is 0 Å². The molecular weight excluding hydrogens is 382 g/mol. The molecule has 0 aromatic heterocycles. The van der Waals surface area contributed by atoms with Crippen LogP contribution in [0.2, 0.25) is 0 Å². The van der Waals surface area contributed by atoms with Gasteiger partial charge in [0.15, 0.2) is 0 Å². The molecule has 0 heterocycles. The van der Waals surface area contributed by atoms with Crippen LogP contribution in [0.4, 0.5) is 9.59 Å². The van der Waals surface area contributed by atoms with Gasteiger partial charge in [-0.25, -0.2) is 9.59 Å². The van der Waals surface area contributed by atoms with Crippen molar-refractivity contribution in [3.05, 3.63) is 0 Å². The Hall–Kier alpha value is -1.50. The number of rotatable bonds is 13. The molecule has 0 aliphatic rings. The third-order valence-corrected chi connectivity index (χ3v) is 4.80. The Bertz CT molecular complexity index is 531. The van der Waals surface area contributed by atoms with E-state index in [0.717, 1.165) is 6.42 Å². The number of urea groups is 1. The molecule has 0 rings (SSSR count). The zero-order chi connectivity index (χ0) is 23.6. The Morgan fingerprint density at radius 1 is 0.867 bits per heavy atom. The smallest absolute Gasteiger partial charge is 0.407 e. The lowest BCUT2D eigenvalue weighted by molar-refractivity contribution is 0.00878. The van der Waals surface area contributed by atoms with Gasteiger partial charge in [-0.1, -0.05) is 34.6 Å². The first-order valence-corrected chi connectivity index (χ1v) is 11.2. The molecule has 0 aliphatic carbocycles. The normalized spacial score (nSPS) is 13.7. The van der Waals surface area contributed by atoms with Gasteiger partial charge in [0.2, 0.25) is 0 Å². The minimum atomic E-state index is -0.457. The summed E-state index contributed by atoms with van der Waals surface area (Å²) in [6, 6.07) is -0.0323. The number of alkyl carbamates (subject to hydrolysis) is 1. The van der Waals surface area contributed by atoms with Crippen LogP contribution in [0, 0.1) is 11.3 Å². The van der Waals surface area contributed by atoms with Crippen molar-refractivity contribution >= 4 is 12.1 Å². The van der Waals surface area contributed by atoms with Gasteiger partial charge in [-0.05, 0) is 59.8 Å². The van der Waals surface area contributed by atoms with Crippen LogP contribution < -0.4 is 16.0 Å². The van der Waals surface area contributed by atoms with Gasteiger partial charge in [-0.15, -0.1) is 0 Å². The predicted molar refractivity (Wildman–Crippen MR) is 123 cm³/mol. The molecule has 30 heavy (non-hydrogen) atoms. The number of hydrogen-bond acceptors (Lipinski definition) is 4. The monoisotopic (exact) mass is 429 g/mol. The molecule has 0 aliphatic heterocycles. The summed E-state index contributed by atoms with van der Waals surface area (Å²) in [4.78, 5) is 24.4. The standard InChI is InChI=1S/C23H47N3O4/c1-11-18(4)24-19(27)25-22(7,8)12-13-23(9,10)26-20(28)30-16-21(5,6)15-29-14-17(2)3/h17-18H,11-16H2,1-10H3,(H,26,28)(H2,24,25,27). The highest BCUT2D eigenvalue weighted by molar-refractivity contribution is 5.75. The topological polar surface area (TPSA) is 88.7 Å². The highest BCUT2D eigenvalue weighted by atomic mass is 16.6. The van der Waals surface area contributed by atoms with Gasteiger partial charge >= 0.3 is 12.1 Å². The Morgan fingerprint density at radius 3 is 1.90 bits per heavy atom. The van der Waals surface area contributed by atoms with E-state index in [1.54, 1.807) is 0 Å². The van der Waals surface area contributed by atoms with Gasteiger partial charge in [0, 0.05) is 29.1 Å². The van der Waals surface area contributed by atoms with Crippen molar-refractivity contribution in [2.24, 2.45) is 11.3 Å². The second-order valence-corrected chi connectivity index (χ2v) is 10.9. The first-order chi connectivity index (χ1) is 13.6. The number of amides is 3. The van der Waals surface area contributed by atoms with Gasteiger partial charge in [0.05, 0.1) is 6.61 Å². The molecule has 1 unspecified atom stereocenters. The number of nitrogens with one attached hydrogen (secondary N) is 3. The fourth-order valence-electron chi connectivity index (χ4n) is 2.61. The summed E-state index contributed by atoms with van der Waals surface area (Å²) in [6.07, 6.45) is 1.85. The summed E-state index contributed by atoms with van der Waals surface area (Å²) >= 11 is 0. The highest BCUT2D eigenvalue weighted by Crippen LogP contribution is 2.20. The van der Waals surface area contributed by atoms with E-state index < -0.39 is 17.2 Å². The van der Waals surface area contributed by atoms with Crippen LogP contribution >= 0.6 is 0 Å². The van der Waals surface area contributed by atoms with Crippen molar-refractivity contribution in [2.75, 3.05) is 19.8 Å². The third-order valence-electron chi connectivity index (χ3n) is 4.80. The first kappa shape index (κ1) is 28.5. The van der Waals surface area contributed by atoms with Crippen LogP contribution in [0.25, 0.3) is 0 Å². The summed E-state index contributed by atoms with van der Waals surface area (Å²) < 4.78 is 11.1. The maximum absolute atomic E-state index is 12.3. The lowest BCUT2D eigenvalue weighted by Gasteiger charge is -2.33. The summed E-state index contributed by atoms with van der Waals surface area (Å²) in [7, 11) is 0. The van der Waals surface area contributed by atoms with E-state index in [0.29, 0.717) is 32.0 Å². The Morgan fingerprint density at radius 2 is 1.40 bits per heavy atom. The molecule has 3 amide bonds. The summed E-state index contributed by atoms with van der Waals surface area (Å²) in [6.45, 7) is 21.7. The quantitative estimate of drug-likeness (QED) is 0.391. The number of hydrogen-bond donors (Lipinski definition) is 3. The highest BCUT2D eigenvalue weighted by Gasteiger charge is 2.28. The van der Waals surface area contributed by atoms with E-state index in [9.17, 15) is 9.59 Å². The Balaban J connectivity index is 4.42. The van der Waals surface area contributed by atoms with E-state index in [1.165, 1.54) is 0 Å². The molecule has 0 radical (unpaired) electrons. The lowest BCUT2D eigenvalue weighted by atomic mass is 9.89. The van der Waals surface area contributed by atoms with Gasteiger partial charge in [0.25, 0.3) is 0 Å². The van der Waals surface area contributed by atoms with Crippen molar-refractivity contribution in [2.45, 2.75) is 106 Å². The maximum atomic E-state index is 12.3. The Kier molecular flexibility index (Phi) is 11.8. The summed E-state index contributed by atoms with van der Waals surface area (Å²) in [5, 5.41) is 8.87. The zero-order valence-corrected chi connectivity index (χ0v) is 21.0. The first-order valence-electron chi connectivity index (χ1n) is 11.2. The van der Waals surface area contributed by atoms with Crippen molar-refractivity contribution < 1.29 is 19.1 Å². The molecule has 0 aromatic carbocycles. The molecule has 178 valence electrons. The maximum Gasteiger partial charge on any atom is 0.407 e. The van der Waals surface area contributed by atoms with Crippen LogP contribution in [0.15, 0.2) is 0 Å². The summed E-state index contributed by atoms with van der Waals surface area (Å²) in [5.74, 6) is 0.477. The zero-order valence-electron chi connectivity index (χ0n) is 21.0. The number of carbonyl (C=O) groups is 2. The SMILES string of the molecule is CCC(C)NC(=O)NC(C)(C)CCC(C)(C)NC(=O)OCC(C)(C)COCC(C)C. The minimum absolute atomic E-state index is 0.133. The van der Waals surface area contributed by atoms with E-state index in [2.05, 4.69) is 29.8 Å². The second kappa shape index (κ2) is 12.4. The molecule has 0 saturated carbocycles. The average Bonchev–Trinajstić information content (AvgIpc) is 2.57. The lowest BCUT2D eigenvalue weighted by Crippen LogP contribution is -2.52. The Labute approximate surface area is 184 Å². The van der Waals surface area contributed by atoms with E-state index >= 15 is 0 Å². The van der Waals surface area contributed by atoms with Crippen LogP contribution in [-0.2, 0) is 9.47 Å². The molecule has 0 spiro atoms. The van der Waals surface area contributed by atoms with E-state index in [4.69, 9.17) is 9.47 Å². The fourth-order valence-corrected chi connectivity index (χ4v) is 2.61. The van der Waals surface area contributed by atoms with Crippen molar-refractivity contribution in [1.29, 1.82) is 0 Å². The van der Waals surface area contributed by atoms with Crippen molar-refractivity contribution in [3.8, 4) is 0 Å². The van der Waals surface area contributed by atoms with E-state index in [1.807, 2.05) is 55.4 Å². The molecule has 7 heteroatoms. The minimum Gasteiger partial charge on any atom is -0.449 e. The molecule has 0 aromatic rings. The van der Waals surface area contributed by atoms with Gasteiger partial charge in [0.1, 0.15) is 6.61 Å². The molecule has 7 nitrogen and oxygen atoms in total. The number of carbonyl (C=O) groups excluding carboxylic acids is 2. The molecule has 1 atom stereocenters. The van der Waals surface area contributed by atoms with Gasteiger partial charge in [-0.2, -0.15) is 0 Å². The van der Waals surface area contributed by atoms with Crippen LogP contribution in [0.1, 0.15) is 88.5 Å². The van der Waals surface area contributed by atoms with Gasteiger partial charge in [-0.3, -0.25) is 0 Å². The van der Waals surface area contributed by atoms with Crippen molar-refractivity contribution in [3.63, 3.8) is 0 Å². The summed E-state index contributed by atoms with van der Waals surface area (Å²) in [5.41, 5.74) is -1.09. The number of ether oxygens (including phenoxy) is 2. The molecule has 0 bridgehead atoms. The van der Waals surface area contributed by atoms with Crippen LogP contribution in [-0.4, -0.2) is 49.1 Å². The fraction of sp³-hybridized carbons (Fsp3) is 0.913. The molecule has 0 fully saturated rings. The average molecular weight is 430 g/mol. The van der Waals surface area contributed by atoms with Gasteiger partial charge < -0.3 is 25.4 Å². The largest absolute Gasteiger partial charge is 0.449 e. The molecule has 3 N–H and O–H groups in total. The predicted octanol–water partition coefficient (Wildman–Crippen LogP) is 4.85. The second-order valence-electron chi connectivity index (χ2n) is 10.9. The molecule has 0 saturated heterocycles. The van der Waals surface area contributed by atoms with E-state index in [-0.39, 0.29) is 24.1 Å². The third kappa shape index (κ3) is 14.5. The van der Waals surface area contributed by atoms with Crippen molar-refractivity contribution in [1.82, 2.24) is 16.0 Å².